The predicted octanol–water partition coefficient (Wildman–Crippen LogP) is 3.45. The standard InChI is InChI=1S/C17H19F3N4/c1-3-24-7-5-14(23-17-21-6-4-10(2)22-17)16(24)11-8-12(18)15(20)13(19)9-11/h4,6,8-9,14,16H,3,5,7H2,1-2H3,(H,21,22,23). The number of halogens is 3. The van der Waals surface area contributed by atoms with Crippen LogP contribution in [0, 0.1) is 24.4 Å². The van der Waals surface area contributed by atoms with E-state index in [1.165, 1.54) is 0 Å². The SMILES string of the molecule is CCN1CCC(Nc2nccc(C)n2)C1c1cc(F)c(F)c(F)c1. The van der Waals surface area contributed by atoms with Crippen LogP contribution in [0.1, 0.15) is 30.6 Å². The average Bonchev–Trinajstić information content (AvgIpc) is 2.95. The van der Waals surface area contributed by atoms with E-state index < -0.39 is 17.5 Å². The Morgan fingerprint density at radius 2 is 1.96 bits per heavy atom. The van der Waals surface area contributed by atoms with Crippen LogP contribution >= 0.6 is 0 Å². The highest BCUT2D eigenvalue weighted by Crippen LogP contribution is 2.34. The van der Waals surface area contributed by atoms with E-state index in [2.05, 4.69) is 20.2 Å². The van der Waals surface area contributed by atoms with Crippen LogP contribution in [0.5, 0.6) is 0 Å². The highest BCUT2D eigenvalue weighted by Gasteiger charge is 2.35. The van der Waals surface area contributed by atoms with Crippen LogP contribution in [0.25, 0.3) is 0 Å². The fourth-order valence-electron chi connectivity index (χ4n) is 3.24. The van der Waals surface area contributed by atoms with E-state index in [1.807, 2.05) is 13.8 Å². The van der Waals surface area contributed by atoms with Crippen LogP contribution in [0.2, 0.25) is 0 Å². The minimum absolute atomic E-state index is 0.115. The van der Waals surface area contributed by atoms with Crippen molar-refractivity contribution in [3.63, 3.8) is 0 Å². The summed E-state index contributed by atoms with van der Waals surface area (Å²) in [5.74, 6) is -3.30. The molecule has 0 amide bonds. The molecule has 1 fully saturated rings. The molecule has 1 saturated heterocycles. The van der Waals surface area contributed by atoms with Gasteiger partial charge >= 0.3 is 0 Å². The zero-order chi connectivity index (χ0) is 17.3. The van der Waals surface area contributed by atoms with E-state index >= 15 is 0 Å². The number of likely N-dealkylation sites (tertiary alicyclic amines) is 1. The molecule has 2 atom stereocenters. The largest absolute Gasteiger partial charge is 0.350 e. The van der Waals surface area contributed by atoms with Gasteiger partial charge in [-0.1, -0.05) is 6.92 Å². The first-order chi connectivity index (χ1) is 11.5. The molecule has 1 aliphatic heterocycles. The molecule has 0 saturated carbocycles. The molecule has 0 bridgehead atoms. The van der Waals surface area contributed by atoms with Gasteiger partial charge in [0.25, 0.3) is 0 Å². The summed E-state index contributed by atoms with van der Waals surface area (Å²) >= 11 is 0. The highest BCUT2D eigenvalue weighted by atomic mass is 19.2. The van der Waals surface area contributed by atoms with Gasteiger partial charge in [0, 0.05) is 24.5 Å². The lowest BCUT2D eigenvalue weighted by Crippen LogP contribution is -2.32. The molecular formula is C17H19F3N4. The van der Waals surface area contributed by atoms with Crippen molar-refractivity contribution >= 4 is 5.95 Å². The molecule has 0 aliphatic carbocycles. The predicted molar refractivity (Wildman–Crippen MR) is 85.1 cm³/mol. The number of hydrogen-bond donors (Lipinski definition) is 1. The van der Waals surface area contributed by atoms with Gasteiger partial charge in [0.2, 0.25) is 5.95 Å². The second kappa shape index (κ2) is 6.76. The number of aryl methyl sites for hydroxylation is 1. The van der Waals surface area contributed by atoms with Crippen LogP contribution in [0.15, 0.2) is 24.4 Å². The van der Waals surface area contributed by atoms with Crippen molar-refractivity contribution in [2.24, 2.45) is 0 Å². The van der Waals surface area contributed by atoms with Gasteiger partial charge in [-0.05, 0) is 43.7 Å². The lowest BCUT2D eigenvalue weighted by molar-refractivity contribution is 0.263. The van der Waals surface area contributed by atoms with Crippen LogP contribution in [-0.4, -0.2) is 34.0 Å². The Labute approximate surface area is 138 Å². The van der Waals surface area contributed by atoms with E-state index in [0.29, 0.717) is 11.5 Å². The van der Waals surface area contributed by atoms with E-state index in [4.69, 9.17) is 0 Å². The smallest absolute Gasteiger partial charge is 0.223 e. The fourth-order valence-corrected chi connectivity index (χ4v) is 3.24. The molecule has 3 rings (SSSR count). The lowest BCUT2D eigenvalue weighted by Gasteiger charge is -2.28. The van der Waals surface area contributed by atoms with E-state index in [1.54, 1.807) is 12.3 Å². The van der Waals surface area contributed by atoms with Crippen molar-refractivity contribution in [2.75, 3.05) is 18.4 Å². The second-order valence-electron chi connectivity index (χ2n) is 5.93. The molecule has 0 radical (unpaired) electrons. The van der Waals surface area contributed by atoms with Crippen molar-refractivity contribution in [3.8, 4) is 0 Å². The third-order valence-corrected chi connectivity index (χ3v) is 4.36. The highest BCUT2D eigenvalue weighted by molar-refractivity contribution is 5.33. The molecule has 4 nitrogen and oxygen atoms in total. The first-order valence-electron chi connectivity index (χ1n) is 7.94. The van der Waals surface area contributed by atoms with Gasteiger partial charge in [-0.25, -0.2) is 23.1 Å². The van der Waals surface area contributed by atoms with Crippen molar-refractivity contribution in [3.05, 3.63) is 53.1 Å². The van der Waals surface area contributed by atoms with Gasteiger partial charge in [0.05, 0.1) is 6.04 Å². The van der Waals surface area contributed by atoms with Crippen molar-refractivity contribution < 1.29 is 13.2 Å². The molecule has 7 heteroatoms. The average molecular weight is 336 g/mol. The Morgan fingerprint density at radius 1 is 1.25 bits per heavy atom. The first-order valence-corrected chi connectivity index (χ1v) is 7.94. The molecule has 0 spiro atoms. The quantitative estimate of drug-likeness (QED) is 0.869. The summed E-state index contributed by atoms with van der Waals surface area (Å²) in [5, 5.41) is 3.25. The monoisotopic (exact) mass is 336 g/mol. The number of rotatable bonds is 4. The fraction of sp³-hybridized carbons (Fsp3) is 0.412. The third kappa shape index (κ3) is 3.21. The Balaban J connectivity index is 1.92. The molecule has 128 valence electrons. The van der Waals surface area contributed by atoms with Crippen molar-refractivity contribution in [1.82, 2.24) is 14.9 Å². The number of anilines is 1. The Kier molecular flexibility index (Phi) is 4.71. The van der Waals surface area contributed by atoms with E-state index in [-0.39, 0.29) is 12.1 Å². The van der Waals surface area contributed by atoms with Gasteiger partial charge in [-0.2, -0.15) is 0 Å². The minimum Gasteiger partial charge on any atom is -0.350 e. The van der Waals surface area contributed by atoms with Crippen molar-refractivity contribution in [1.29, 1.82) is 0 Å². The molecule has 1 N–H and O–H groups in total. The second-order valence-corrected chi connectivity index (χ2v) is 5.93. The summed E-state index contributed by atoms with van der Waals surface area (Å²) in [6.45, 7) is 5.33. The molecule has 24 heavy (non-hydrogen) atoms. The topological polar surface area (TPSA) is 41.0 Å². The zero-order valence-electron chi connectivity index (χ0n) is 13.6. The molecule has 1 aromatic heterocycles. The van der Waals surface area contributed by atoms with Gasteiger partial charge in [0.1, 0.15) is 0 Å². The Morgan fingerprint density at radius 3 is 2.58 bits per heavy atom. The van der Waals surface area contributed by atoms with Gasteiger partial charge < -0.3 is 5.32 Å². The summed E-state index contributed by atoms with van der Waals surface area (Å²) in [6.07, 6.45) is 2.43. The molecule has 2 unspecified atom stereocenters. The number of aromatic nitrogens is 2. The summed E-state index contributed by atoms with van der Waals surface area (Å²) < 4.78 is 40.6. The first kappa shape index (κ1) is 16.7. The van der Waals surface area contributed by atoms with Gasteiger partial charge in [-0.3, -0.25) is 4.90 Å². The summed E-state index contributed by atoms with van der Waals surface area (Å²) in [5.41, 5.74) is 1.24. The minimum atomic E-state index is -1.44. The third-order valence-electron chi connectivity index (χ3n) is 4.36. The van der Waals surface area contributed by atoms with Gasteiger partial charge in [-0.15, -0.1) is 0 Å². The summed E-state index contributed by atoms with van der Waals surface area (Å²) in [6, 6.07) is 3.55. The molecule has 1 aliphatic rings. The lowest BCUT2D eigenvalue weighted by atomic mass is 9.99. The van der Waals surface area contributed by atoms with Crippen molar-refractivity contribution in [2.45, 2.75) is 32.4 Å². The number of nitrogens with zero attached hydrogens (tertiary/aromatic N) is 3. The van der Waals surface area contributed by atoms with Gasteiger partial charge in [0.15, 0.2) is 17.5 Å². The van der Waals surface area contributed by atoms with Crippen LogP contribution < -0.4 is 5.32 Å². The maximum absolute atomic E-state index is 13.7. The Bertz CT molecular complexity index is 715. The van der Waals surface area contributed by atoms with Crippen LogP contribution in [-0.2, 0) is 0 Å². The normalized spacial score (nSPS) is 21.2. The summed E-state index contributed by atoms with van der Waals surface area (Å²) in [7, 11) is 0. The number of hydrogen-bond acceptors (Lipinski definition) is 4. The van der Waals surface area contributed by atoms with E-state index in [9.17, 15) is 13.2 Å². The number of nitrogens with one attached hydrogen (secondary N) is 1. The molecule has 1 aromatic carbocycles. The maximum atomic E-state index is 13.7. The number of benzene rings is 1. The molecule has 2 aromatic rings. The number of likely N-dealkylation sites (N-methyl/N-ethyl adjacent to an activating group) is 1. The molecule has 2 heterocycles. The Hall–Kier alpha value is -2.15. The van der Waals surface area contributed by atoms with E-state index in [0.717, 1.165) is 37.3 Å². The molecular weight excluding hydrogens is 317 g/mol. The maximum Gasteiger partial charge on any atom is 0.223 e. The van der Waals surface area contributed by atoms with Crippen LogP contribution in [0.3, 0.4) is 0 Å². The zero-order valence-corrected chi connectivity index (χ0v) is 13.6. The van der Waals surface area contributed by atoms with Crippen LogP contribution in [0.4, 0.5) is 19.1 Å². The summed E-state index contributed by atoms with van der Waals surface area (Å²) in [4.78, 5) is 10.6.